The number of hydrogen-bond donors (Lipinski definition) is 4. The quantitative estimate of drug-likeness (QED) is 0.450. The van der Waals surface area contributed by atoms with E-state index in [2.05, 4.69) is 0 Å². The summed E-state index contributed by atoms with van der Waals surface area (Å²) in [5.41, 5.74) is -0.447. The van der Waals surface area contributed by atoms with Crippen molar-refractivity contribution in [1.82, 2.24) is 0 Å². The second kappa shape index (κ2) is 7.19. The summed E-state index contributed by atoms with van der Waals surface area (Å²) in [6.07, 6.45) is 2.09. The van der Waals surface area contributed by atoms with E-state index in [9.17, 15) is 19.8 Å². The first-order chi connectivity index (χ1) is 10.5. The lowest BCUT2D eigenvalue weighted by molar-refractivity contribution is 0.0988. The van der Waals surface area contributed by atoms with Crippen molar-refractivity contribution in [3.05, 3.63) is 23.3 Å². The summed E-state index contributed by atoms with van der Waals surface area (Å²) < 4.78 is 0. The molecule has 1 aromatic carbocycles. The molecule has 118 valence electrons. The zero-order valence-corrected chi connectivity index (χ0v) is 13.0. The first-order valence-corrected chi connectivity index (χ1v) is 8.36. The van der Waals surface area contributed by atoms with Gasteiger partial charge in [0.25, 0.3) is 0 Å². The summed E-state index contributed by atoms with van der Waals surface area (Å²) in [6.45, 7) is -0.308. The van der Waals surface area contributed by atoms with Gasteiger partial charge in [-0.05, 0) is 12.2 Å². The lowest BCUT2D eigenvalue weighted by atomic mass is 9.93. The van der Waals surface area contributed by atoms with Crippen LogP contribution in [-0.4, -0.2) is 56.7 Å². The number of aromatic hydroxyl groups is 2. The maximum absolute atomic E-state index is 11.9. The number of hydrogen-bond acceptors (Lipinski definition) is 8. The molecule has 1 aliphatic carbocycles. The number of thioether (sulfide) groups is 2. The zero-order valence-electron chi connectivity index (χ0n) is 11.4. The number of rotatable bonds is 6. The highest BCUT2D eigenvalue weighted by atomic mass is 32.2. The number of phenolic OH excluding ortho intramolecular Hbond substituents is 2. The molecule has 0 aliphatic heterocycles. The van der Waals surface area contributed by atoms with Crippen LogP contribution in [0.15, 0.2) is 21.9 Å². The molecule has 2 rings (SSSR count). The molecular weight excluding hydrogens is 328 g/mol. The maximum Gasteiger partial charge on any atom is 0.190 e. The molecule has 0 bridgehead atoms. The number of fused-ring (bicyclic) bond motifs is 1. The van der Waals surface area contributed by atoms with Gasteiger partial charge in [-0.1, -0.05) is 0 Å². The van der Waals surface area contributed by atoms with Gasteiger partial charge in [-0.3, -0.25) is 9.59 Å². The van der Waals surface area contributed by atoms with E-state index in [1.54, 1.807) is 0 Å². The molecule has 22 heavy (non-hydrogen) atoms. The molecule has 0 aromatic heterocycles. The van der Waals surface area contributed by atoms with Crippen molar-refractivity contribution in [2.24, 2.45) is 0 Å². The Balaban J connectivity index is 2.67. The Kier molecular flexibility index (Phi) is 5.52. The van der Waals surface area contributed by atoms with Gasteiger partial charge in [-0.25, -0.2) is 0 Å². The summed E-state index contributed by atoms with van der Waals surface area (Å²) in [4.78, 5) is 24.3. The number of carbonyl (C=O) groups is 2. The fraction of sp³-hybridized carbons (Fsp3) is 0.286. The Bertz CT molecular complexity index is 598. The molecule has 0 saturated carbocycles. The topological polar surface area (TPSA) is 115 Å². The van der Waals surface area contributed by atoms with Gasteiger partial charge < -0.3 is 20.4 Å². The van der Waals surface area contributed by atoms with Gasteiger partial charge in [-0.15, -0.1) is 23.5 Å². The van der Waals surface area contributed by atoms with Gasteiger partial charge in [0, 0.05) is 11.5 Å². The summed E-state index contributed by atoms with van der Waals surface area (Å²) in [6, 6.07) is 0. The summed E-state index contributed by atoms with van der Waals surface area (Å²) in [7, 11) is 0. The van der Waals surface area contributed by atoms with Crippen LogP contribution >= 0.6 is 23.5 Å². The standard InChI is InChI=1S/C14H14O6S2/c15-3-5-21-13-11(19)9-7(17)1-2-8(18)10(9)12(20)14(13)22-6-4-16/h1-2,15-16,19-20H,3-6H2. The number of aliphatic hydroxyl groups excluding tert-OH is 2. The third kappa shape index (κ3) is 3.00. The molecule has 0 radical (unpaired) electrons. The average Bonchev–Trinajstić information content (AvgIpc) is 2.50. The molecular formula is C14H14O6S2. The Morgan fingerprint density at radius 3 is 1.45 bits per heavy atom. The molecule has 0 saturated heterocycles. The van der Waals surface area contributed by atoms with Gasteiger partial charge in [0.15, 0.2) is 11.6 Å². The molecule has 1 aromatic rings. The van der Waals surface area contributed by atoms with Crippen molar-refractivity contribution < 1.29 is 30.0 Å². The Morgan fingerprint density at radius 1 is 0.773 bits per heavy atom. The van der Waals surface area contributed by atoms with Gasteiger partial charge in [0.05, 0.1) is 34.1 Å². The summed E-state index contributed by atoms with van der Waals surface area (Å²) in [5, 5.41) is 38.6. The monoisotopic (exact) mass is 342 g/mol. The smallest absolute Gasteiger partial charge is 0.190 e. The van der Waals surface area contributed by atoms with E-state index in [0.717, 1.165) is 35.7 Å². The Hall–Kier alpha value is -1.48. The van der Waals surface area contributed by atoms with Crippen LogP contribution in [0.5, 0.6) is 11.5 Å². The molecule has 8 heteroatoms. The van der Waals surface area contributed by atoms with E-state index in [1.165, 1.54) is 0 Å². The molecule has 6 nitrogen and oxygen atoms in total. The van der Waals surface area contributed by atoms with Crippen molar-refractivity contribution >= 4 is 35.1 Å². The molecule has 0 unspecified atom stereocenters. The molecule has 0 atom stereocenters. The SMILES string of the molecule is O=C1C=CC(=O)c2c(O)c(SCCO)c(SCCO)c(O)c21. The highest BCUT2D eigenvalue weighted by Gasteiger charge is 2.32. The van der Waals surface area contributed by atoms with Crippen LogP contribution in [0, 0.1) is 0 Å². The third-order valence-corrected chi connectivity index (χ3v) is 5.19. The van der Waals surface area contributed by atoms with E-state index >= 15 is 0 Å². The second-order valence-corrected chi connectivity index (χ2v) is 6.52. The molecule has 0 amide bonds. The minimum Gasteiger partial charge on any atom is -0.506 e. The summed E-state index contributed by atoms with van der Waals surface area (Å²) >= 11 is 2.13. The first kappa shape index (κ1) is 16.9. The van der Waals surface area contributed by atoms with Gasteiger partial charge >= 0.3 is 0 Å². The van der Waals surface area contributed by atoms with Crippen LogP contribution in [-0.2, 0) is 0 Å². The molecule has 0 spiro atoms. The number of benzene rings is 1. The van der Waals surface area contributed by atoms with E-state index in [0.29, 0.717) is 0 Å². The van der Waals surface area contributed by atoms with Crippen LogP contribution in [0.2, 0.25) is 0 Å². The molecule has 4 N–H and O–H groups in total. The van der Waals surface area contributed by atoms with Crippen molar-refractivity contribution in [2.45, 2.75) is 9.79 Å². The lowest BCUT2D eigenvalue weighted by Gasteiger charge is -2.19. The predicted octanol–water partition coefficient (Wildman–Crippen LogP) is 1.20. The van der Waals surface area contributed by atoms with Crippen LogP contribution in [0.1, 0.15) is 20.7 Å². The molecule has 1 aliphatic rings. The lowest BCUT2D eigenvalue weighted by Crippen LogP contribution is -2.13. The van der Waals surface area contributed by atoms with Gasteiger partial charge in [0.2, 0.25) is 0 Å². The van der Waals surface area contributed by atoms with Crippen LogP contribution in [0.4, 0.5) is 0 Å². The fourth-order valence-corrected chi connectivity index (χ4v) is 3.92. The minimum atomic E-state index is -0.563. The van der Waals surface area contributed by atoms with E-state index in [-0.39, 0.29) is 57.1 Å². The van der Waals surface area contributed by atoms with Crippen LogP contribution < -0.4 is 0 Å². The third-order valence-electron chi connectivity index (χ3n) is 2.91. The first-order valence-electron chi connectivity index (χ1n) is 6.38. The van der Waals surface area contributed by atoms with E-state index in [1.807, 2.05) is 0 Å². The summed E-state index contributed by atoms with van der Waals surface area (Å²) in [5.74, 6) is -1.39. The number of aliphatic hydroxyl groups is 2. The number of carbonyl (C=O) groups excluding carboxylic acids is 2. The van der Waals surface area contributed by atoms with E-state index in [4.69, 9.17) is 10.2 Å². The highest BCUT2D eigenvalue weighted by Crippen LogP contribution is 2.48. The Morgan fingerprint density at radius 2 is 1.14 bits per heavy atom. The van der Waals surface area contributed by atoms with Crippen LogP contribution in [0.3, 0.4) is 0 Å². The van der Waals surface area contributed by atoms with Crippen molar-refractivity contribution in [1.29, 1.82) is 0 Å². The van der Waals surface area contributed by atoms with Crippen molar-refractivity contribution in [3.8, 4) is 11.5 Å². The highest BCUT2D eigenvalue weighted by molar-refractivity contribution is 8.02. The minimum absolute atomic E-state index is 0.154. The fourth-order valence-electron chi connectivity index (χ4n) is 2.04. The second-order valence-electron chi connectivity index (χ2n) is 4.31. The molecule has 0 fully saturated rings. The normalized spacial score (nSPS) is 13.5. The van der Waals surface area contributed by atoms with E-state index < -0.39 is 11.6 Å². The molecule has 0 heterocycles. The zero-order chi connectivity index (χ0) is 16.3. The Labute approximate surface area is 134 Å². The predicted molar refractivity (Wildman–Crippen MR) is 83.2 cm³/mol. The number of ketones is 2. The number of allylic oxidation sites excluding steroid dienone is 2. The largest absolute Gasteiger partial charge is 0.506 e. The van der Waals surface area contributed by atoms with Crippen molar-refractivity contribution in [3.63, 3.8) is 0 Å². The van der Waals surface area contributed by atoms with Crippen molar-refractivity contribution in [2.75, 3.05) is 24.7 Å². The van der Waals surface area contributed by atoms with Gasteiger partial charge in [-0.2, -0.15) is 0 Å². The van der Waals surface area contributed by atoms with Gasteiger partial charge in [0.1, 0.15) is 11.5 Å². The average molecular weight is 342 g/mol. The van der Waals surface area contributed by atoms with Crippen LogP contribution in [0.25, 0.3) is 0 Å². The maximum atomic E-state index is 11.9. The number of phenols is 2.